The summed E-state index contributed by atoms with van der Waals surface area (Å²) < 4.78 is 10.2. The highest BCUT2D eigenvalue weighted by Crippen LogP contribution is 2.32. The van der Waals surface area contributed by atoms with E-state index in [9.17, 15) is 10.1 Å². The van der Waals surface area contributed by atoms with E-state index in [2.05, 4.69) is 4.98 Å². The van der Waals surface area contributed by atoms with Gasteiger partial charge in [-0.2, -0.15) is 4.98 Å². The molecule has 0 amide bonds. The van der Waals surface area contributed by atoms with Crippen LogP contribution in [0.3, 0.4) is 0 Å². The third-order valence-corrected chi connectivity index (χ3v) is 2.02. The summed E-state index contributed by atoms with van der Waals surface area (Å²) in [5.41, 5.74) is -0.123. The molecule has 0 saturated heterocycles. The number of pyridine rings is 1. The Labute approximate surface area is 86.0 Å². The summed E-state index contributed by atoms with van der Waals surface area (Å²) >= 11 is 0. The molecular weight excluding hydrogens is 200 g/mol. The van der Waals surface area contributed by atoms with E-state index >= 15 is 0 Å². The van der Waals surface area contributed by atoms with E-state index in [1.807, 2.05) is 0 Å². The highest BCUT2D eigenvalue weighted by Gasteiger charge is 2.28. The molecule has 0 N–H and O–H groups in total. The van der Waals surface area contributed by atoms with E-state index in [1.165, 1.54) is 19.2 Å². The minimum absolute atomic E-state index is 0.0434. The SMILES string of the molecule is COc1ccc([N+](=O)[O-])c(OC2CC2)n1. The van der Waals surface area contributed by atoms with Crippen LogP contribution in [-0.4, -0.2) is 23.1 Å². The average Bonchev–Trinajstić information content (AvgIpc) is 3.01. The average molecular weight is 210 g/mol. The summed E-state index contributed by atoms with van der Waals surface area (Å²) in [6.45, 7) is 0. The molecule has 0 atom stereocenters. The maximum atomic E-state index is 10.7. The van der Waals surface area contributed by atoms with Crippen LogP contribution in [0, 0.1) is 10.1 Å². The van der Waals surface area contributed by atoms with Crippen LogP contribution in [-0.2, 0) is 0 Å². The zero-order valence-electron chi connectivity index (χ0n) is 8.17. The van der Waals surface area contributed by atoms with E-state index in [0.717, 1.165) is 12.8 Å². The molecule has 6 heteroatoms. The van der Waals surface area contributed by atoms with Crippen molar-refractivity contribution in [2.75, 3.05) is 7.11 Å². The van der Waals surface area contributed by atoms with Crippen molar-refractivity contribution < 1.29 is 14.4 Å². The molecule has 0 unspecified atom stereocenters. The highest BCUT2D eigenvalue weighted by molar-refractivity contribution is 5.43. The van der Waals surface area contributed by atoms with Gasteiger partial charge < -0.3 is 9.47 Å². The Morgan fingerprint density at radius 2 is 2.27 bits per heavy atom. The summed E-state index contributed by atoms with van der Waals surface area (Å²) in [5, 5.41) is 10.7. The van der Waals surface area contributed by atoms with Gasteiger partial charge in [0.25, 0.3) is 5.88 Å². The lowest BCUT2D eigenvalue weighted by molar-refractivity contribution is -0.386. The van der Waals surface area contributed by atoms with Crippen LogP contribution >= 0.6 is 0 Å². The maximum absolute atomic E-state index is 10.7. The monoisotopic (exact) mass is 210 g/mol. The zero-order chi connectivity index (χ0) is 10.8. The van der Waals surface area contributed by atoms with Crippen molar-refractivity contribution in [3.05, 3.63) is 22.2 Å². The number of nitrogens with zero attached hydrogens (tertiary/aromatic N) is 2. The number of hydrogen-bond donors (Lipinski definition) is 0. The van der Waals surface area contributed by atoms with Crippen molar-refractivity contribution in [3.8, 4) is 11.8 Å². The molecule has 15 heavy (non-hydrogen) atoms. The van der Waals surface area contributed by atoms with Crippen LogP contribution in [0.1, 0.15) is 12.8 Å². The smallest absolute Gasteiger partial charge is 0.331 e. The molecule has 0 aromatic carbocycles. The summed E-state index contributed by atoms with van der Waals surface area (Å²) in [6, 6.07) is 2.78. The van der Waals surface area contributed by atoms with Crippen LogP contribution in [0.25, 0.3) is 0 Å². The Morgan fingerprint density at radius 1 is 1.53 bits per heavy atom. The van der Waals surface area contributed by atoms with Gasteiger partial charge >= 0.3 is 5.69 Å². The Hall–Kier alpha value is -1.85. The fourth-order valence-electron chi connectivity index (χ4n) is 1.10. The van der Waals surface area contributed by atoms with Crippen LogP contribution in [0.5, 0.6) is 11.8 Å². The predicted octanol–water partition coefficient (Wildman–Crippen LogP) is 1.54. The summed E-state index contributed by atoms with van der Waals surface area (Å²) in [7, 11) is 1.45. The number of aromatic nitrogens is 1. The van der Waals surface area contributed by atoms with Crippen molar-refractivity contribution in [3.63, 3.8) is 0 Å². The van der Waals surface area contributed by atoms with Gasteiger partial charge in [0, 0.05) is 12.1 Å². The molecule has 80 valence electrons. The molecule has 1 aliphatic rings. The quantitative estimate of drug-likeness (QED) is 0.556. The summed E-state index contributed by atoms with van der Waals surface area (Å²) in [5.74, 6) is 0.359. The van der Waals surface area contributed by atoms with Crippen molar-refractivity contribution >= 4 is 5.69 Å². The first-order valence-electron chi connectivity index (χ1n) is 4.57. The number of rotatable bonds is 4. The minimum Gasteiger partial charge on any atom is -0.481 e. The summed E-state index contributed by atoms with van der Waals surface area (Å²) in [6.07, 6.45) is 1.93. The van der Waals surface area contributed by atoms with E-state index in [0.29, 0.717) is 5.88 Å². The van der Waals surface area contributed by atoms with Crippen molar-refractivity contribution in [2.45, 2.75) is 18.9 Å². The van der Waals surface area contributed by atoms with Crippen LogP contribution in [0.4, 0.5) is 5.69 Å². The van der Waals surface area contributed by atoms with Gasteiger partial charge in [0.2, 0.25) is 5.88 Å². The molecule has 1 heterocycles. The normalized spacial score (nSPS) is 14.7. The number of ether oxygens (including phenoxy) is 2. The van der Waals surface area contributed by atoms with E-state index in [1.54, 1.807) is 0 Å². The molecule has 0 spiro atoms. The van der Waals surface area contributed by atoms with Gasteiger partial charge in [-0.25, -0.2) is 0 Å². The maximum Gasteiger partial charge on any atom is 0.331 e. The number of hydrogen-bond acceptors (Lipinski definition) is 5. The van der Waals surface area contributed by atoms with Gasteiger partial charge in [-0.05, 0) is 12.8 Å². The zero-order valence-corrected chi connectivity index (χ0v) is 8.17. The lowest BCUT2D eigenvalue weighted by Crippen LogP contribution is -2.03. The van der Waals surface area contributed by atoms with Gasteiger partial charge in [-0.1, -0.05) is 0 Å². The first-order valence-corrected chi connectivity index (χ1v) is 4.57. The van der Waals surface area contributed by atoms with Crippen molar-refractivity contribution in [1.29, 1.82) is 0 Å². The lowest BCUT2D eigenvalue weighted by atomic mass is 10.4. The van der Waals surface area contributed by atoms with Crippen molar-refractivity contribution in [2.24, 2.45) is 0 Å². The topological polar surface area (TPSA) is 74.5 Å². The molecule has 1 fully saturated rings. The standard InChI is InChI=1S/C9H10N2O4/c1-14-8-5-4-7(11(12)13)9(10-8)15-6-2-3-6/h4-6H,2-3H2,1H3. The fraction of sp³-hybridized carbons (Fsp3) is 0.444. The Balaban J connectivity index is 2.30. The molecule has 0 radical (unpaired) electrons. The van der Waals surface area contributed by atoms with Gasteiger partial charge in [0.1, 0.15) is 6.10 Å². The Bertz CT molecular complexity index is 390. The van der Waals surface area contributed by atoms with Crippen LogP contribution in [0.15, 0.2) is 12.1 Å². The van der Waals surface area contributed by atoms with E-state index in [4.69, 9.17) is 9.47 Å². The molecule has 1 aliphatic carbocycles. The second-order valence-corrected chi connectivity index (χ2v) is 3.25. The fourth-order valence-corrected chi connectivity index (χ4v) is 1.10. The first-order chi connectivity index (χ1) is 7.20. The second kappa shape index (κ2) is 3.72. The second-order valence-electron chi connectivity index (χ2n) is 3.25. The van der Waals surface area contributed by atoms with Crippen molar-refractivity contribution in [1.82, 2.24) is 4.98 Å². The molecule has 0 bridgehead atoms. The summed E-state index contributed by atoms with van der Waals surface area (Å²) in [4.78, 5) is 14.1. The number of nitro groups is 1. The molecule has 6 nitrogen and oxygen atoms in total. The minimum atomic E-state index is -0.510. The third kappa shape index (κ3) is 2.15. The first kappa shape index (κ1) is 9.70. The molecular formula is C9H10N2O4. The van der Waals surface area contributed by atoms with Gasteiger partial charge in [0.15, 0.2) is 0 Å². The van der Waals surface area contributed by atoms with Gasteiger partial charge in [0.05, 0.1) is 12.0 Å². The molecule has 1 aromatic heterocycles. The van der Waals surface area contributed by atoms with Crippen LogP contribution in [0.2, 0.25) is 0 Å². The number of methoxy groups -OCH3 is 1. The third-order valence-electron chi connectivity index (χ3n) is 2.02. The van der Waals surface area contributed by atoms with Gasteiger partial charge in [-0.3, -0.25) is 10.1 Å². The predicted molar refractivity (Wildman–Crippen MR) is 51.1 cm³/mol. The van der Waals surface area contributed by atoms with Crippen LogP contribution < -0.4 is 9.47 Å². The molecule has 1 saturated carbocycles. The molecule has 0 aliphatic heterocycles. The molecule has 1 aromatic rings. The highest BCUT2D eigenvalue weighted by atomic mass is 16.6. The van der Waals surface area contributed by atoms with Gasteiger partial charge in [-0.15, -0.1) is 0 Å². The van der Waals surface area contributed by atoms with E-state index in [-0.39, 0.29) is 17.7 Å². The largest absolute Gasteiger partial charge is 0.481 e. The molecule has 2 rings (SSSR count). The Kier molecular flexibility index (Phi) is 2.40. The lowest BCUT2D eigenvalue weighted by Gasteiger charge is -2.05. The van der Waals surface area contributed by atoms with E-state index < -0.39 is 4.92 Å². The Morgan fingerprint density at radius 3 is 2.80 bits per heavy atom.